The Morgan fingerprint density at radius 2 is 1.45 bits per heavy atom. The lowest BCUT2D eigenvalue weighted by Crippen LogP contribution is -2.06. The number of benzene rings is 3. The molecule has 146 valence electrons. The van der Waals surface area contributed by atoms with Crippen LogP contribution in [0.3, 0.4) is 0 Å². The van der Waals surface area contributed by atoms with Gasteiger partial charge in [0.1, 0.15) is 5.75 Å². The van der Waals surface area contributed by atoms with Crippen LogP contribution in [0.25, 0.3) is 11.4 Å². The molecular weight excluding hydrogens is 378 g/mol. The van der Waals surface area contributed by atoms with Crippen LogP contribution in [0.2, 0.25) is 0 Å². The number of ether oxygens (including phenoxy) is 1. The van der Waals surface area contributed by atoms with Crippen LogP contribution in [0.4, 0.5) is 0 Å². The second kappa shape index (κ2) is 9.43. The van der Waals surface area contributed by atoms with E-state index in [1.54, 1.807) is 18.9 Å². The Labute approximate surface area is 175 Å². The molecule has 0 bridgehead atoms. The highest BCUT2D eigenvalue weighted by Gasteiger charge is 2.17. The Bertz CT molecular complexity index is 1050. The highest BCUT2D eigenvalue weighted by molar-refractivity contribution is 7.98. The van der Waals surface area contributed by atoms with Gasteiger partial charge in [0.15, 0.2) is 11.0 Å². The summed E-state index contributed by atoms with van der Waals surface area (Å²) in [6.07, 6.45) is 0.917. The summed E-state index contributed by atoms with van der Waals surface area (Å²) in [7, 11) is 1.69. The SMILES string of the molecule is COc1ccccc1-c1nnc(SCc2ccccc2)n1CCc1ccccc1. The first-order valence-corrected chi connectivity index (χ1v) is 10.6. The molecule has 0 fully saturated rings. The molecule has 4 aromatic rings. The maximum absolute atomic E-state index is 5.57. The summed E-state index contributed by atoms with van der Waals surface area (Å²) >= 11 is 1.71. The second-order valence-corrected chi connectivity index (χ2v) is 7.61. The lowest BCUT2D eigenvalue weighted by molar-refractivity contribution is 0.415. The lowest BCUT2D eigenvalue weighted by Gasteiger charge is -2.12. The van der Waals surface area contributed by atoms with Crippen LogP contribution in [-0.2, 0) is 18.7 Å². The summed E-state index contributed by atoms with van der Waals surface area (Å²) in [5, 5.41) is 9.97. The van der Waals surface area contributed by atoms with Crippen LogP contribution in [0.1, 0.15) is 11.1 Å². The van der Waals surface area contributed by atoms with Crippen molar-refractivity contribution in [3.63, 3.8) is 0 Å². The van der Waals surface area contributed by atoms with Crippen molar-refractivity contribution in [2.24, 2.45) is 0 Å². The van der Waals surface area contributed by atoms with Gasteiger partial charge in [-0.3, -0.25) is 0 Å². The maximum Gasteiger partial charge on any atom is 0.191 e. The minimum atomic E-state index is 0.806. The third-order valence-electron chi connectivity index (χ3n) is 4.74. The molecule has 4 rings (SSSR count). The molecule has 0 aliphatic heterocycles. The Balaban J connectivity index is 1.64. The molecule has 0 aliphatic rings. The number of nitrogens with zero attached hydrogens (tertiary/aromatic N) is 3. The number of para-hydroxylation sites is 1. The second-order valence-electron chi connectivity index (χ2n) is 6.67. The topological polar surface area (TPSA) is 39.9 Å². The number of hydrogen-bond acceptors (Lipinski definition) is 4. The van der Waals surface area contributed by atoms with Crippen LogP contribution in [0.15, 0.2) is 90.1 Å². The molecule has 0 N–H and O–H groups in total. The molecule has 0 radical (unpaired) electrons. The number of thioether (sulfide) groups is 1. The Hall–Kier alpha value is -3.05. The monoisotopic (exact) mass is 401 g/mol. The van der Waals surface area contributed by atoms with Gasteiger partial charge in [-0.2, -0.15) is 0 Å². The van der Waals surface area contributed by atoms with E-state index in [0.29, 0.717) is 0 Å². The van der Waals surface area contributed by atoms with Gasteiger partial charge >= 0.3 is 0 Å². The zero-order valence-corrected chi connectivity index (χ0v) is 17.2. The molecular formula is C24H23N3OS. The summed E-state index contributed by atoms with van der Waals surface area (Å²) in [6, 6.07) is 28.9. The van der Waals surface area contributed by atoms with Gasteiger partial charge in [-0.1, -0.05) is 84.6 Å². The smallest absolute Gasteiger partial charge is 0.191 e. The van der Waals surface area contributed by atoms with Crippen molar-refractivity contribution in [2.75, 3.05) is 7.11 Å². The molecule has 1 aromatic heterocycles. The van der Waals surface area contributed by atoms with Crippen molar-refractivity contribution >= 4 is 11.8 Å². The first-order valence-electron chi connectivity index (χ1n) is 9.62. The van der Waals surface area contributed by atoms with Crippen molar-refractivity contribution < 1.29 is 4.74 Å². The van der Waals surface area contributed by atoms with Crippen molar-refractivity contribution in [1.29, 1.82) is 0 Å². The first-order chi connectivity index (χ1) is 14.3. The summed E-state index contributed by atoms with van der Waals surface area (Å²) in [6.45, 7) is 0.807. The maximum atomic E-state index is 5.57. The van der Waals surface area contributed by atoms with Crippen molar-refractivity contribution in [1.82, 2.24) is 14.8 Å². The molecule has 0 saturated carbocycles. The third kappa shape index (κ3) is 4.69. The van der Waals surface area contributed by atoms with E-state index in [0.717, 1.165) is 41.0 Å². The van der Waals surface area contributed by atoms with Crippen LogP contribution >= 0.6 is 11.8 Å². The predicted molar refractivity (Wildman–Crippen MR) is 118 cm³/mol. The molecule has 0 aliphatic carbocycles. The van der Waals surface area contributed by atoms with Gasteiger partial charge in [0.25, 0.3) is 0 Å². The van der Waals surface area contributed by atoms with Crippen LogP contribution < -0.4 is 4.74 Å². The highest BCUT2D eigenvalue weighted by atomic mass is 32.2. The van der Waals surface area contributed by atoms with E-state index < -0.39 is 0 Å². The number of hydrogen-bond donors (Lipinski definition) is 0. The summed E-state index contributed by atoms with van der Waals surface area (Å²) < 4.78 is 7.77. The van der Waals surface area contributed by atoms with Crippen LogP contribution in [-0.4, -0.2) is 21.9 Å². The Kier molecular flexibility index (Phi) is 6.27. The fourth-order valence-corrected chi connectivity index (χ4v) is 4.15. The van der Waals surface area contributed by atoms with Gasteiger partial charge in [0, 0.05) is 12.3 Å². The zero-order chi connectivity index (χ0) is 19.9. The number of rotatable bonds is 8. The first kappa shape index (κ1) is 19.3. The van der Waals surface area contributed by atoms with E-state index in [1.807, 2.05) is 36.4 Å². The van der Waals surface area contributed by atoms with Gasteiger partial charge in [-0.15, -0.1) is 10.2 Å². The third-order valence-corrected chi connectivity index (χ3v) is 5.78. The predicted octanol–water partition coefficient (Wildman–Crippen LogP) is 5.49. The van der Waals surface area contributed by atoms with Crippen molar-refractivity contribution in [3.8, 4) is 17.1 Å². The zero-order valence-electron chi connectivity index (χ0n) is 16.4. The molecule has 0 amide bonds. The fourth-order valence-electron chi connectivity index (χ4n) is 3.23. The van der Waals surface area contributed by atoms with Crippen LogP contribution in [0, 0.1) is 0 Å². The minimum Gasteiger partial charge on any atom is -0.496 e. The van der Waals surface area contributed by atoms with E-state index in [9.17, 15) is 0 Å². The summed E-state index contributed by atoms with van der Waals surface area (Å²) in [4.78, 5) is 0. The molecule has 3 aromatic carbocycles. The molecule has 1 heterocycles. The molecule has 5 heteroatoms. The average Bonchev–Trinajstić information content (AvgIpc) is 3.20. The van der Waals surface area contributed by atoms with Crippen molar-refractivity contribution in [2.45, 2.75) is 23.9 Å². The molecule has 0 spiro atoms. The molecule has 29 heavy (non-hydrogen) atoms. The van der Waals surface area contributed by atoms with Crippen molar-refractivity contribution in [3.05, 3.63) is 96.1 Å². The lowest BCUT2D eigenvalue weighted by atomic mass is 10.1. The van der Waals surface area contributed by atoms with Crippen LogP contribution in [0.5, 0.6) is 5.75 Å². The van der Waals surface area contributed by atoms with E-state index >= 15 is 0 Å². The molecule has 0 atom stereocenters. The van der Waals surface area contributed by atoms with Gasteiger partial charge in [-0.05, 0) is 29.7 Å². The average molecular weight is 402 g/mol. The Morgan fingerprint density at radius 3 is 2.17 bits per heavy atom. The van der Waals surface area contributed by atoms with E-state index in [4.69, 9.17) is 4.74 Å². The standard InChI is InChI=1S/C24H23N3OS/c1-28-22-15-9-8-14-21(22)23-25-26-24(29-18-20-12-6-3-7-13-20)27(23)17-16-19-10-4-2-5-11-19/h2-15H,16-18H2,1H3. The minimum absolute atomic E-state index is 0.806. The quantitative estimate of drug-likeness (QED) is 0.366. The number of aryl methyl sites for hydroxylation is 1. The van der Waals surface area contributed by atoms with E-state index in [2.05, 4.69) is 63.3 Å². The molecule has 0 unspecified atom stereocenters. The van der Waals surface area contributed by atoms with E-state index in [-0.39, 0.29) is 0 Å². The summed E-state index contributed by atoms with van der Waals surface area (Å²) in [5.74, 6) is 2.50. The number of aromatic nitrogens is 3. The normalized spacial score (nSPS) is 10.8. The number of methoxy groups -OCH3 is 1. The fraction of sp³-hybridized carbons (Fsp3) is 0.167. The summed E-state index contributed by atoms with van der Waals surface area (Å²) in [5.41, 5.74) is 3.53. The van der Waals surface area contributed by atoms with Gasteiger partial charge < -0.3 is 9.30 Å². The van der Waals surface area contributed by atoms with Gasteiger partial charge in [0.2, 0.25) is 0 Å². The Morgan fingerprint density at radius 1 is 0.793 bits per heavy atom. The van der Waals surface area contributed by atoms with E-state index in [1.165, 1.54) is 11.1 Å². The van der Waals surface area contributed by atoms with Gasteiger partial charge in [0.05, 0.1) is 12.7 Å². The largest absolute Gasteiger partial charge is 0.496 e. The molecule has 0 saturated heterocycles. The molecule has 4 nitrogen and oxygen atoms in total. The highest BCUT2D eigenvalue weighted by Crippen LogP contribution is 2.32. The van der Waals surface area contributed by atoms with Gasteiger partial charge in [-0.25, -0.2) is 0 Å².